The van der Waals surface area contributed by atoms with Gasteiger partial charge in [0.2, 0.25) is 0 Å². The van der Waals surface area contributed by atoms with Crippen LogP contribution in [0.5, 0.6) is 0 Å². The summed E-state index contributed by atoms with van der Waals surface area (Å²) in [5, 5.41) is 0. The van der Waals surface area contributed by atoms with E-state index in [0.29, 0.717) is 12.8 Å². The molecule has 0 aliphatic carbocycles. The molecule has 0 N–H and O–H groups in total. The van der Waals surface area contributed by atoms with Gasteiger partial charge in [0.05, 0.1) is 29.2 Å². The van der Waals surface area contributed by atoms with Gasteiger partial charge in [-0.1, -0.05) is 224 Å². The molecule has 0 aliphatic rings. The van der Waals surface area contributed by atoms with E-state index < -0.39 is 32.5 Å². The number of carbonyl (C=O) groups excluding carboxylic acids is 2. The zero-order chi connectivity index (χ0) is 43.6. The number of unbranched alkanes of at least 4 members (excludes halogenated alkanes) is 36. The van der Waals surface area contributed by atoms with Crippen molar-refractivity contribution >= 4 is 22.1 Å². The second kappa shape index (κ2) is 44.4. The van der Waals surface area contributed by atoms with E-state index in [1.54, 1.807) is 0 Å². The Balaban J connectivity index is 0.0000360. The van der Waals surface area contributed by atoms with Gasteiger partial charge in [0, 0.05) is 0 Å². The van der Waals surface area contributed by atoms with Crippen molar-refractivity contribution in [2.24, 2.45) is 0 Å². The van der Waals surface area contributed by atoms with Gasteiger partial charge in [-0.3, -0.25) is 0 Å². The molecule has 0 fully saturated rings. The van der Waals surface area contributed by atoms with Crippen LogP contribution in [0.25, 0.3) is 0 Å². The molecule has 0 atom stereocenters. The molecule has 0 aliphatic heterocycles. The van der Waals surface area contributed by atoms with E-state index in [9.17, 15) is 22.6 Å². The molecule has 7 nitrogen and oxygen atoms in total. The summed E-state index contributed by atoms with van der Waals surface area (Å²) in [6.45, 7) is 7.83. The van der Waals surface area contributed by atoms with Gasteiger partial charge in [0.15, 0.2) is 0 Å². The molecule has 1 rings (SSSR count). The molecule has 0 aromatic heterocycles. The van der Waals surface area contributed by atoms with E-state index in [4.69, 9.17) is 9.47 Å². The predicted octanol–water partition coefficient (Wildman–Crippen LogP) is 13.1. The second-order valence-corrected chi connectivity index (χ2v) is 18.6. The molecule has 1 aromatic rings. The van der Waals surface area contributed by atoms with Gasteiger partial charge in [0.25, 0.3) is 0 Å². The van der Waals surface area contributed by atoms with Crippen molar-refractivity contribution in [3.05, 3.63) is 54.6 Å². The average molecular weight is 897 g/mol. The van der Waals surface area contributed by atoms with E-state index in [2.05, 4.69) is 13.2 Å². The van der Waals surface area contributed by atoms with Gasteiger partial charge in [-0.2, -0.15) is 0 Å². The Kier molecular flexibility index (Phi) is 43.8. The van der Waals surface area contributed by atoms with Crippen LogP contribution < -0.4 is 51.4 Å². The first kappa shape index (κ1) is 60.2. The maximum Gasteiger partial charge on any atom is 1.00 e. The predicted molar refractivity (Wildman–Crippen MR) is 251 cm³/mol. The van der Waals surface area contributed by atoms with Crippen molar-refractivity contribution in [2.45, 2.75) is 249 Å². The van der Waals surface area contributed by atoms with Crippen molar-refractivity contribution in [3.8, 4) is 0 Å². The summed E-state index contributed by atoms with van der Waals surface area (Å²) in [6.07, 6.45) is 51.2. The van der Waals surface area contributed by atoms with Crippen LogP contribution >= 0.6 is 0 Å². The zero-order valence-corrected chi connectivity index (χ0v) is 43.3. The van der Waals surface area contributed by atoms with Gasteiger partial charge < -0.3 is 14.0 Å². The number of hydrogen-bond acceptors (Lipinski definition) is 7. The molecule has 0 radical (unpaired) electrons. The first-order valence-corrected chi connectivity index (χ1v) is 26.4. The van der Waals surface area contributed by atoms with Crippen LogP contribution in [-0.2, 0) is 19.6 Å². The van der Waals surface area contributed by atoms with Crippen LogP contribution in [0.4, 0.5) is 0 Å². The van der Waals surface area contributed by atoms with Crippen LogP contribution in [0.15, 0.2) is 48.4 Å². The number of carbonyl (C=O) groups is 2. The Morgan fingerprint density at radius 3 is 0.984 bits per heavy atom. The molecule has 0 heterocycles. The zero-order valence-electron chi connectivity index (χ0n) is 39.4. The molecular weight excluding hydrogens is 808 g/mol. The van der Waals surface area contributed by atoms with Gasteiger partial charge in [-0.15, -0.1) is 13.2 Å². The molecule has 346 valence electrons. The Morgan fingerprint density at radius 1 is 0.443 bits per heavy atom. The summed E-state index contributed by atoms with van der Waals surface area (Å²) in [5.41, 5.74) is -0.771. The largest absolute Gasteiger partial charge is 1.00 e. The van der Waals surface area contributed by atoms with Gasteiger partial charge in [-0.25, -0.2) is 18.0 Å². The first-order chi connectivity index (χ1) is 29.3. The fourth-order valence-corrected chi connectivity index (χ4v) is 8.73. The Hall–Kier alpha value is -0.814. The molecule has 0 bridgehead atoms. The summed E-state index contributed by atoms with van der Waals surface area (Å²) in [5.74, 6) is -1.80. The van der Waals surface area contributed by atoms with E-state index >= 15 is 0 Å². The van der Waals surface area contributed by atoms with E-state index in [1.807, 2.05) is 12.2 Å². The van der Waals surface area contributed by atoms with Gasteiger partial charge in [0.1, 0.15) is 10.1 Å². The fraction of sp³-hybridized carbons (Fsp3) is 0.769. The van der Waals surface area contributed by atoms with Crippen molar-refractivity contribution in [2.75, 3.05) is 13.2 Å². The van der Waals surface area contributed by atoms with E-state index in [1.165, 1.54) is 192 Å². The minimum Gasteiger partial charge on any atom is -0.744 e. The molecule has 61 heavy (non-hydrogen) atoms. The quantitative estimate of drug-likeness (QED) is 0.0211. The number of esters is 2. The second-order valence-electron chi connectivity index (χ2n) is 17.3. The summed E-state index contributed by atoms with van der Waals surface area (Å²) in [4.78, 5) is 25.3. The summed E-state index contributed by atoms with van der Waals surface area (Å²) in [7, 11) is -5.02. The average Bonchev–Trinajstić information content (AvgIpc) is 3.24. The molecular formula is C52H89KO7S. The molecule has 0 unspecified atom stereocenters. The third-order valence-electron chi connectivity index (χ3n) is 11.8. The monoisotopic (exact) mass is 897 g/mol. The van der Waals surface area contributed by atoms with Crippen molar-refractivity contribution in [1.29, 1.82) is 0 Å². The van der Waals surface area contributed by atoms with Crippen LogP contribution in [0.3, 0.4) is 0 Å². The number of hydrogen-bond donors (Lipinski definition) is 0. The summed E-state index contributed by atoms with van der Waals surface area (Å²) >= 11 is 0. The fourth-order valence-electron chi connectivity index (χ4n) is 8.04. The number of allylic oxidation sites excluding steroid dienone is 2. The Labute approximate surface area is 418 Å². The van der Waals surface area contributed by atoms with Crippen LogP contribution in [0.2, 0.25) is 0 Å². The van der Waals surface area contributed by atoms with Crippen LogP contribution in [0, 0.1) is 0 Å². The maximum atomic E-state index is 13.1. The van der Waals surface area contributed by atoms with Crippen molar-refractivity contribution < 1.29 is 83.4 Å². The van der Waals surface area contributed by atoms with Crippen molar-refractivity contribution in [3.63, 3.8) is 0 Å². The molecule has 0 amide bonds. The van der Waals surface area contributed by atoms with Gasteiger partial charge >= 0.3 is 63.3 Å². The number of ether oxygens (including phenoxy) is 2. The first-order valence-electron chi connectivity index (χ1n) is 25.0. The third-order valence-corrected chi connectivity index (χ3v) is 12.7. The SMILES string of the molecule is C=CCCCCCCCCCCCCCCCCCCCCOC(=O)c1cccc(S(=O)(=O)[O-])c1C(=O)OCCCCCCCCCCCCCCCCCCCCC=C.[K+]. The Morgan fingerprint density at radius 2 is 0.705 bits per heavy atom. The van der Waals surface area contributed by atoms with E-state index in [-0.39, 0.29) is 70.2 Å². The molecule has 0 spiro atoms. The van der Waals surface area contributed by atoms with E-state index in [0.717, 1.165) is 57.4 Å². The minimum atomic E-state index is -5.02. The van der Waals surface area contributed by atoms with Crippen LogP contribution in [0.1, 0.15) is 265 Å². The normalized spacial score (nSPS) is 11.3. The topological polar surface area (TPSA) is 110 Å². The third kappa shape index (κ3) is 36.1. The summed E-state index contributed by atoms with van der Waals surface area (Å²) < 4.78 is 46.9. The molecule has 1 aromatic carbocycles. The number of benzene rings is 1. The standard InChI is InChI=1S/C52H90O7S.K/c1-3-5-7-9-11-13-15-17-19-21-23-25-27-29-31-33-35-37-39-41-46-58-51(53)48-44-43-45-49(60(55,56)57)50(48)52(54)59-47-42-40-38-36-34-32-30-28-26-24-22-20-18-16-14-12-10-8-6-4-2;/h3-4,43-45H,1-2,5-42,46-47H2,(H,55,56,57);/q;+1/p-1. The maximum absolute atomic E-state index is 13.1. The minimum absolute atomic E-state index is 0. The molecule has 0 saturated heterocycles. The van der Waals surface area contributed by atoms with Gasteiger partial charge in [-0.05, 0) is 50.7 Å². The van der Waals surface area contributed by atoms with Crippen molar-refractivity contribution in [1.82, 2.24) is 0 Å². The number of rotatable bonds is 45. The smallest absolute Gasteiger partial charge is 0.744 e. The Bertz CT molecular complexity index is 1310. The van der Waals surface area contributed by atoms with Crippen LogP contribution in [-0.4, -0.2) is 38.1 Å². The summed E-state index contributed by atoms with van der Waals surface area (Å²) in [6, 6.07) is 3.64. The molecule has 9 heteroatoms. The molecule has 0 saturated carbocycles.